The van der Waals surface area contributed by atoms with E-state index in [0.717, 1.165) is 22.3 Å². The van der Waals surface area contributed by atoms with Crippen LogP contribution in [0.15, 0.2) is 33.7 Å². The van der Waals surface area contributed by atoms with Gasteiger partial charge < -0.3 is 4.74 Å². The Balaban J connectivity index is 2.69. The van der Waals surface area contributed by atoms with Crippen LogP contribution in [0.4, 0.5) is 0 Å². The van der Waals surface area contributed by atoms with Crippen molar-refractivity contribution in [3.63, 3.8) is 0 Å². The molecule has 0 saturated heterocycles. The summed E-state index contributed by atoms with van der Waals surface area (Å²) in [5.74, 6) is 0.473. The predicted molar refractivity (Wildman–Crippen MR) is 64.9 cm³/mol. The van der Waals surface area contributed by atoms with Crippen LogP contribution in [0.2, 0.25) is 0 Å². The molecule has 1 aliphatic heterocycles. The summed E-state index contributed by atoms with van der Waals surface area (Å²) in [5, 5.41) is 11.1. The van der Waals surface area contributed by atoms with Crippen LogP contribution < -0.4 is 0 Å². The minimum absolute atomic E-state index is 0.188. The first-order chi connectivity index (χ1) is 7.75. The van der Waals surface area contributed by atoms with E-state index in [-0.39, 0.29) is 10.6 Å². The second-order valence-corrected chi connectivity index (χ2v) is 5.23. The van der Waals surface area contributed by atoms with Gasteiger partial charge in [-0.15, -0.1) is 0 Å². The summed E-state index contributed by atoms with van der Waals surface area (Å²) in [7, 11) is 0. The summed E-state index contributed by atoms with van der Waals surface area (Å²) in [6.07, 6.45) is 0.376. The maximum Gasteiger partial charge on any atom is 0.292 e. The zero-order valence-corrected chi connectivity index (χ0v) is 10.9. The maximum atomic E-state index is 11.1. The standard InChI is InChI=1S/C13H17NO3/c1-7-6-10(14(15)16)12-11(8(7)2)9(3)13(4,5)17-12/h6H2,1-5H3. The van der Waals surface area contributed by atoms with Gasteiger partial charge in [-0.25, -0.2) is 0 Å². The van der Waals surface area contributed by atoms with Crippen LogP contribution >= 0.6 is 0 Å². The summed E-state index contributed by atoms with van der Waals surface area (Å²) in [5.41, 5.74) is 3.92. The van der Waals surface area contributed by atoms with Gasteiger partial charge in [-0.3, -0.25) is 10.1 Å². The molecule has 0 aromatic heterocycles. The summed E-state index contributed by atoms with van der Waals surface area (Å²) < 4.78 is 5.79. The van der Waals surface area contributed by atoms with Crippen LogP contribution in [-0.4, -0.2) is 10.5 Å². The van der Waals surface area contributed by atoms with Crippen LogP contribution in [0, 0.1) is 10.1 Å². The van der Waals surface area contributed by atoms with Crippen molar-refractivity contribution in [1.29, 1.82) is 0 Å². The molecule has 0 aromatic carbocycles. The van der Waals surface area contributed by atoms with Crippen molar-refractivity contribution in [2.24, 2.45) is 0 Å². The van der Waals surface area contributed by atoms with E-state index in [9.17, 15) is 10.1 Å². The van der Waals surface area contributed by atoms with Crippen molar-refractivity contribution in [3.05, 3.63) is 43.9 Å². The minimum Gasteiger partial charge on any atom is -0.476 e. The van der Waals surface area contributed by atoms with Gasteiger partial charge in [-0.05, 0) is 45.8 Å². The van der Waals surface area contributed by atoms with Crippen LogP contribution in [0.1, 0.15) is 41.0 Å². The molecule has 4 heteroatoms. The van der Waals surface area contributed by atoms with Gasteiger partial charge in [0, 0.05) is 5.57 Å². The molecule has 0 N–H and O–H groups in total. The fourth-order valence-corrected chi connectivity index (χ4v) is 2.33. The van der Waals surface area contributed by atoms with Gasteiger partial charge in [-0.1, -0.05) is 5.57 Å². The lowest BCUT2D eigenvalue weighted by molar-refractivity contribution is -0.430. The van der Waals surface area contributed by atoms with E-state index in [2.05, 4.69) is 0 Å². The Kier molecular flexibility index (Phi) is 2.42. The highest BCUT2D eigenvalue weighted by molar-refractivity contribution is 5.57. The number of nitro groups is 1. The number of fused-ring (bicyclic) bond motifs is 1. The molecule has 92 valence electrons. The third-order valence-corrected chi connectivity index (χ3v) is 3.79. The first kappa shape index (κ1) is 11.9. The number of allylic oxidation sites excluding steroid dienone is 2. The lowest BCUT2D eigenvalue weighted by Gasteiger charge is -2.20. The molecule has 1 heterocycles. The molecule has 0 unspecified atom stereocenters. The molecule has 17 heavy (non-hydrogen) atoms. The van der Waals surface area contributed by atoms with Gasteiger partial charge in [0.05, 0.1) is 11.3 Å². The maximum absolute atomic E-state index is 11.1. The number of rotatable bonds is 1. The van der Waals surface area contributed by atoms with Gasteiger partial charge in [0.1, 0.15) is 5.60 Å². The molecule has 1 aliphatic carbocycles. The summed E-state index contributed by atoms with van der Waals surface area (Å²) in [6.45, 7) is 9.83. The van der Waals surface area contributed by atoms with Gasteiger partial charge in [0.25, 0.3) is 5.70 Å². The SMILES string of the molecule is CC1=C(C)C2=C(C)C(C)(C)OC2=C([N+](=O)[O-])C1. The Morgan fingerprint density at radius 1 is 1.29 bits per heavy atom. The fourth-order valence-electron chi connectivity index (χ4n) is 2.33. The topological polar surface area (TPSA) is 52.4 Å². The Labute approximate surface area is 101 Å². The van der Waals surface area contributed by atoms with Gasteiger partial charge in [0.2, 0.25) is 5.76 Å². The first-order valence-electron chi connectivity index (χ1n) is 5.70. The molecule has 2 rings (SSSR count). The summed E-state index contributed by atoms with van der Waals surface area (Å²) in [6, 6.07) is 0. The van der Waals surface area contributed by atoms with E-state index in [1.54, 1.807) is 0 Å². The minimum atomic E-state index is -0.447. The summed E-state index contributed by atoms with van der Waals surface area (Å²) in [4.78, 5) is 10.8. The highest BCUT2D eigenvalue weighted by Crippen LogP contribution is 2.46. The first-order valence-corrected chi connectivity index (χ1v) is 5.70. The van der Waals surface area contributed by atoms with Crippen molar-refractivity contribution >= 4 is 0 Å². The highest BCUT2D eigenvalue weighted by atomic mass is 16.6. The Bertz CT molecular complexity index is 507. The molecule has 0 amide bonds. The zero-order valence-electron chi connectivity index (χ0n) is 10.9. The van der Waals surface area contributed by atoms with Crippen LogP contribution in [0.3, 0.4) is 0 Å². The third-order valence-electron chi connectivity index (χ3n) is 3.79. The van der Waals surface area contributed by atoms with Crippen molar-refractivity contribution in [2.45, 2.75) is 46.6 Å². The fraction of sp³-hybridized carbons (Fsp3) is 0.538. The second-order valence-electron chi connectivity index (χ2n) is 5.23. The summed E-state index contributed by atoms with van der Waals surface area (Å²) >= 11 is 0. The molecule has 0 aromatic rings. The van der Waals surface area contributed by atoms with Crippen LogP contribution in [0.5, 0.6) is 0 Å². The Morgan fingerprint density at radius 3 is 2.41 bits per heavy atom. The van der Waals surface area contributed by atoms with E-state index in [4.69, 9.17) is 4.74 Å². The lowest BCUT2D eigenvalue weighted by atomic mass is 9.87. The van der Waals surface area contributed by atoms with Gasteiger partial charge in [0.15, 0.2) is 0 Å². The average molecular weight is 235 g/mol. The molecule has 4 nitrogen and oxygen atoms in total. The monoisotopic (exact) mass is 235 g/mol. The molecule has 0 atom stereocenters. The number of hydrogen-bond acceptors (Lipinski definition) is 3. The van der Waals surface area contributed by atoms with Crippen molar-refractivity contribution in [3.8, 4) is 0 Å². The van der Waals surface area contributed by atoms with Gasteiger partial charge in [-0.2, -0.15) is 0 Å². The highest BCUT2D eigenvalue weighted by Gasteiger charge is 2.42. The number of hydrogen-bond donors (Lipinski definition) is 0. The Hall–Kier alpha value is -1.58. The molecular formula is C13H17NO3. The lowest BCUT2D eigenvalue weighted by Crippen LogP contribution is -2.20. The van der Waals surface area contributed by atoms with Crippen LogP contribution in [0.25, 0.3) is 0 Å². The Morgan fingerprint density at radius 2 is 1.88 bits per heavy atom. The largest absolute Gasteiger partial charge is 0.476 e. The van der Waals surface area contributed by atoms with Crippen LogP contribution in [-0.2, 0) is 4.74 Å². The van der Waals surface area contributed by atoms with E-state index >= 15 is 0 Å². The average Bonchev–Trinajstić information content (AvgIpc) is 2.44. The normalized spacial score (nSPS) is 22.9. The molecule has 0 fully saturated rings. The smallest absolute Gasteiger partial charge is 0.292 e. The van der Waals surface area contributed by atoms with Crippen molar-refractivity contribution in [2.75, 3.05) is 0 Å². The van der Waals surface area contributed by atoms with E-state index in [1.807, 2.05) is 34.6 Å². The molecule has 0 saturated carbocycles. The molecule has 0 radical (unpaired) electrons. The van der Waals surface area contributed by atoms with E-state index in [1.165, 1.54) is 0 Å². The number of ether oxygens (including phenoxy) is 1. The molecule has 0 spiro atoms. The van der Waals surface area contributed by atoms with E-state index in [0.29, 0.717) is 12.2 Å². The second kappa shape index (κ2) is 3.45. The molecule has 2 aliphatic rings. The predicted octanol–water partition coefficient (Wildman–Crippen LogP) is 3.34. The molecular weight excluding hydrogens is 218 g/mol. The number of nitrogens with zero attached hydrogens (tertiary/aromatic N) is 1. The van der Waals surface area contributed by atoms with Crippen molar-refractivity contribution < 1.29 is 9.66 Å². The third kappa shape index (κ3) is 1.59. The quantitative estimate of drug-likeness (QED) is 0.517. The molecule has 0 bridgehead atoms. The van der Waals surface area contributed by atoms with Crippen molar-refractivity contribution in [1.82, 2.24) is 0 Å². The van der Waals surface area contributed by atoms with Gasteiger partial charge >= 0.3 is 0 Å². The van der Waals surface area contributed by atoms with E-state index < -0.39 is 5.60 Å². The zero-order chi connectivity index (χ0) is 13.0.